The third kappa shape index (κ3) is 2.11. The first-order valence-corrected chi connectivity index (χ1v) is 8.63. The Morgan fingerprint density at radius 1 is 1.30 bits per heavy atom. The Morgan fingerprint density at radius 3 is 2.91 bits per heavy atom. The van der Waals surface area contributed by atoms with E-state index in [1.54, 1.807) is 6.07 Å². The van der Waals surface area contributed by atoms with Crippen molar-refractivity contribution in [1.82, 2.24) is 0 Å². The summed E-state index contributed by atoms with van der Waals surface area (Å²) < 4.78 is 5.51. The molecule has 4 rings (SSSR count). The summed E-state index contributed by atoms with van der Waals surface area (Å²) in [5.74, 6) is 1.41. The molecular formula is C19H24O4. The fraction of sp³-hybridized carbons (Fsp3) is 0.632. The molecule has 0 spiro atoms. The fourth-order valence-corrected chi connectivity index (χ4v) is 5.79. The van der Waals surface area contributed by atoms with Gasteiger partial charge in [0.2, 0.25) is 0 Å². The monoisotopic (exact) mass is 316 g/mol. The van der Waals surface area contributed by atoms with Gasteiger partial charge in [-0.1, -0.05) is 13.0 Å². The lowest BCUT2D eigenvalue weighted by Gasteiger charge is -2.52. The Labute approximate surface area is 136 Å². The number of phenolic OH excluding ortho intramolecular Hbond substituents is 1. The summed E-state index contributed by atoms with van der Waals surface area (Å²) in [6.07, 6.45) is 4.12. The van der Waals surface area contributed by atoms with Crippen LogP contribution >= 0.6 is 0 Å². The number of benzene rings is 1. The average Bonchev–Trinajstić information content (AvgIpc) is 2.82. The summed E-state index contributed by atoms with van der Waals surface area (Å²) in [4.78, 5) is 11.1. The van der Waals surface area contributed by atoms with Crippen LogP contribution in [0.3, 0.4) is 0 Å². The minimum atomic E-state index is -0.299. The first-order chi connectivity index (χ1) is 11.0. The van der Waals surface area contributed by atoms with E-state index in [4.69, 9.17) is 4.74 Å². The minimum absolute atomic E-state index is 0.150. The number of hydrogen-bond donors (Lipinski definition) is 2. The van der Waals surface area contributed by atoms with E-state index < -0.39 is 0 Å². The molecule has 6 atom stereocenters. The SMILES string of the molecule is C[C@]12CC(OC=O)[C@@H]3c4ccc(O)cc4CC[C@H]3[C@@H]1CC[C@@H]2O. The summed E-state index contributed by atoms with van der Waals surface area (Å²) in [6.45, 7) is 2.72. The van der Waals surface area contributed by atoms with Crippen LogP contribution in [0.15, 0.2) is 18.2 Å². The molecular weight excluding hydrogens is 292 g/mol. The molecule has 4 heteroatoms. The van der Waals surface area contributed by atoms with Crippen molar-refractivity contribution in [2.75, 3.05) is 0 Å². The smallest absolute Gasteiger partial charge is 0.293 e. The van der Waals surface area contributed by atoms with Crippen LogP contribution in [-0.4, -0.2) is 28.9 Å². The van der Waals surface area contributed by atoms with Crippen LogP contribution in [-0.2, 0) is 16.0 Å². The number of phenols is 1. The second kappa shape index (κ2) is 5.23. The minimum Gasteiger partial charge on any atom is -0.508 e. The number of hydrogen-bond acceptors (Lipinski definition) is 4. The summed E-state index contributed by atoms with van der Waals surface area (Å²) in [5.41, 5.74) is 2.24. The maximum absolute atomic E-state index is 11.1. The summed E-state index contributed by atoms with van der Waals surface area (Å²) in [7, 11) is 0. The maximum Gasteiger partial charge on any atom is 0.293 e. The summed E-state index contributed by atoms with van der Waals surface area (Å²) >= 11 is 0. The number of aliphatic hydroxyl groups excluding tert-OH is 1. The second-order valence-electron chi connectivity index (χ2n) is 7.79. The van der Waals surface area contributed by atoms with Gasteiger partial charge in [0.1, 0.15) is 11.9 Å². The number of carbonyl (C=O) groups excluding carboxylic acids is 1. The molecule has 124 valence electrons. The van der Waals surface area contributed by atoms with E-state index in [1.165, 1.54) is 11.1 Å². The lowest BCUT2D eigenvalue weighted by atomic mass is 9.54. The molecule has 0 radical (unpaired) electrons. The number of aryl methyl sites for hydroxylation is 1. The number of aliphatic hydroxyl groups is 1. The van der Waals surface area contributed by atoms with Crippen molar-refractivity contribution in [2.45, 2.75) is 57.2 Å². The van der Waals surface area contributed by atoms with Crippen molar-refractivity contribution in [3.05, 3.63) is 29.3 Å². The number of aromatic hydroxyl groups is 1. The second-order valence-corrected chi connectivity index (χ2v) is 7.79. The molecule has 1 aromatic rings. The highest BCUT2D eigenvalue weighted by molar-refractivity contribution is 5.43. The van der Waals surface area contributed by atoms with Gasteiger partial charge in [-0.15, -0.1) is 0 Å². The molecule has 0 aromatic heterocycles. The van der Waals surface area contributed by atoms with E-state index >= 15 is 0 Å². The molecule has 3 aliphatic carbocycles. The van der Waals surface area contributed by atoms with Gasteiger partial charge < -0.3 is 14.9 Å². The van der Waals surface area contributed by atoms with E-state index in [-0.39, 0.29) is 23.5 Å². The zero-order valence-electron chi connectivity index (χ0n) is 13.4. The largest absolute Gasteiger partial charge is 0.508 e. The molecule has 23 heavy (non-hydrogen) atoms. The van der Waals surface area contributed by atoms with Gasteiger partial charge in [0.25, 0.3) is 6.47 Å². The van der Waals surface area contributed by atoms with E-state index in [0.29, 0.717) is 24.1 Å². The molecule has 0 amide bonds. The van der Waals surface area contributed by atoms with Gasteiger partial charge >= 0.3 is 0 Å². The lowest BCUT2D eigenvalue weighted by Crippen LogP contribution is -2.50. The average molecular weight is 316 g/mol. The van der Waals surface area contributed by atoms with E-state index in [2.05, 4.69) is 6.92 Å². The molecule has 1 unspecified atom stereocenters. The van der Waals surface area contributed by atoms with Gasteiger partial charge in [-0.05, 0) is 67.2 Å². The normalized spacial score (nSPS) is 41.6. The van der Waals surface area contributed by atoms with Crippen molar-refractivity contribution < 1.29 is 19.7 Å². The van der Waals surface area contributed by atoms with Gasteiger partial charge in [-0.25, -0.2) is 0 Å². The van der Waals surface area contributed by atoms with Crippen LogP contribution in [0, 0.1) is 17.3 Å². The van der Waals surface area contributed by atoms with Crippen LogP contribution in [0.4, 0.5) is 0 Å². The van der Waals surface area contributed by atoms with Crippen molar-refractivity contribution in [3.8, 4) is 5.75 Å². The third-order valence-electron chi connectivity index (χ3n) is 6.84. The Bertz CT molecular complexity index is 628. The molecule has 4 nitrogen and oxygen atoms in total. The molecule has 0 aliphatic heterocycles. The maximum atomic E-state index is 11.1. The van der Waals surface area contributed by atoms with Crippen LogP contribution in [0.5, 0.6) is 5.75 Å². The molecule has 2 N–H and O–H groups in total. The predicted octanol–water partition coefficient (Wildman–Crippen LogP) is 2.76. The van der Waals surface area contributed by atoms with E-state index in [0.717, 1.165) is 32.1 Å². The van der Waals surface area contributed by atoms with Crippen molar-refractivity contribution in [2.24, 2.45) is 17.3 Å². The first-order valence-electron chi connectivity index (χ1n) is 8.63. The highest BCUT2D eigenvalue weighted by atomic mass is 16.5. The van der Waals surface area contributed by atoms with Crippen LogP contribution < -0.4 is 0 Å². The fourth-order valence-electron chi connectivity index (χ4n) is 5.79. The Hall–Kier alpha value is -1.55. The number of carbonyl (C=O) groups is 1. The standard InChI is InChI=1S/C19H24O4/c1-19-9-16(23-10-20)18-13-5-3-12(21)8-11(13)2-4-14(18)15(19)6-7-17(19)22/h3,5,8,10,14-18,21-22H,2,4,6-7,9H2,1H3/t14-,15-,16?,17-,18+,19-/m0/s1. The highest BCUT2D eigenvalue weighted by Crippen LogP contribution is 2.61. The molecule has 3 aliphatic rings. The lowest BCUT2D eigenvalue weighted by molar-refractivity contribution is -0.147. The zero-order valence-corrected chi connectivity index (χ0v) is 13.4. The van der Waals surface area contributed by atoms with Crippen molar-refractivity contribution in [1.29, 1.82) is 0 Å². The number of fused-ring (bicyclic) bond motifs is 5. The highest BCUT2D eigenvalue weighted by Gasteiger charge is 2.58. The van der Waals surface area contributed by atoms with Gasteiger partial charge in [0, 0.05) is 11.3 Å². The Kier molecular flexibility index (Phi) is 3.41. The number of rotatable bonds is 2. The van der Waals surface area contributed by atoms with Gasteiger partial charge in [0.05, 0.1) is 6.10 Å². The predicted molar refractivity (Wildman–Crippen MR) is 85.1 cm³/mol. The Balaban J connectivity index is 1.78. The van der Waals surface area contributed by atoms with E-state index in [1.807, 2.05) is 12.1 Å². The molecule has 0 saturated heterocycles. The number of ether oxygens (including phenoxy) is 1. The molecule has 1 aromatic carbocycles. The summed E-state index contributed by atoms with van der Waals surface area (Å²) in [5, 5.41) is 20.3. The molecule has 0 bridgehead atoms. The van der Waals surface area contributed by atoms with Crippen LogP contribution in [0.25, 0.3) is 0 Å². The summed E-state index contributed by atoms with van der Waals surface area (Å²) in [6, 6.07) is 5.58. The van der Waals surface area contributed by atoms with Crippen molar-refractivity contribution >= 4 is 6.47 Å². The molecule has 2 fully saturated rings. The Morgan fingerprint density at radius 2 is 2.13 bits per heavy atom. The van der Waals surface area contributed by atoms with Gasteiger partial charge in [-0.2, -0.15) is 0 Å². The van der Waals surface area contributed by atoms with Gasteiger partial charge in [0.15, 0.2) is 0 Å². The first kappa shape index (κ1) is 15.0. The topological polar surface area (TPSA) is 66.8 Å². The van der Waals surface area contributed by atoms with Gasteiger partial charge in [-0.3, -0.25) is 4.79 Å². The third-order valence-corrected chi connectivity index (χ3v) is 6.84. The van der Waals surface area contributed by atoms with Crippen LogP contribution in [0.2, 0.25) is 0 Å². The van der Waals surface area contributed by atoms with Crippen molar-refractivity contribution in [3.63, 3.8) is 0 Å². The molecule has 2 saturated carbocycles. The zero-order chi connectivity index (χ0) is 16.2. The molecule has 0 heterocycles. The van der Waals surface area contributed by atoms with E-state index in [9.17, 15) is 15.0 Å². The quantitative estimate of drug-likeness (QED) is 0.823. The van der Waals surface area contributed by atoms with Crippen LogP contribution in [0.1, 0.15) is 49.7 Å².